The average Bonchev–Trinajstić information content (AvgIpc) is 2.98. The van der Waals surface area contributed by atoms with Crippen LogP contribution in [-0.4, -0.2) is 27.0 Å². The van der Waals surface area contributed by atoms with Gasteiger partial charge in [-0.25, -0.2) is 15.3 Å². The molecule has 0 unspecified atom stereocenters. The van der Waals surface area contributed by atoms with E-state index in [1.165, 1.54) is 17.5 Å². The number of carbonyl (C=O) groups is 2. The summed E-state index contributed by atoms with van der Waals surface area (Å²) in [5, 5.41) is 11.9. The number of nitrogens with zero attached hydrogens (tertiary/aromatic N) is 2. The van der Waals surface area contributed by atoms with E-state index in [1.807, 2.05) is 32.2 Å². The summed E-state index contributed by atoms with van der Waals surface area (Å²) < 4.78 is 0. The first-order valence-electron chi connectivity index (χ1n) is 9.55. The van der Waals surface area contributed by atoms with Gasteiger partial charge in [0, 0.05) is 18.3 Å². The predicted molar refractivity (Wildman–Crippen MR) is 104 cm³/mol. The number of anilines is 1. The molecule has 0 radical (unpaired) electrons. The topological polar surface area (TPSA) is 94.6 Å². The maximum Gasteiger partial charge on any atom is 0.324 e. The van der Waals surface area contributed by atoms with Crippen molar-refractivity contribution < 1.29 is 14.8 Å². The minimum Gasteiger partial charge on any atom is -0.311 e. The summed E-state index contributed by atoms with van der Waals surface area (Å²) in [5.74, 6) is -0.0306. The molecule has 1 aromatic carbocycles. The van der Waals surface area contributed by atoms with Gasteiger partial charge in [0.05, 0.1) is 5.54 Å². The van der Waals surface area contributed by atoms with Crippen molar-refractivity contribution >= 4 is 17.8 Å². The van der Waals surface area contributed by atoms with Crippen molar-refractivity contribution in [3.05, 3.63) is 58.3 Å². The second kappa shape index (κ2) is 6.91. The molecule has 0 bridgehead atoms. The van der Waals surface area contributed by atoms with Gasteiger partial charge in [0.1, 0.15) is 5.82 Å². The van der Waals surface area contributed by atoms with E-state index in [-0.39, 0.29) is 12.6 Å². The minimum absolute atomic E-state index is 0.264. The summed E-state index contributed by atoms with van der Waals surface area (Å²) in [4.78, 5) is 31.1. The highest BCUT2D eigenvalue weighted by Gasteiger charge is 2.42. The molecule has 2 aromatic rings. The fourth-order valence-corrected chi connectivity index (χ4v) is 4.29. The Balaban J connectivity index is 1.59. The van der Waals surface area contributed by atoms with E-state index in [0.29, 0.717) is 11.4 Å². The van der Waals surface area contributed by atoms with Gasteiger partial charge >= 0.3 is 6.03 Å². The maximum absolute atomic E-state index is 13.0. The molecule has 7 heteroatoms. The number of pyridine rings is 1. The number of aromatic nitrogens is 1. The highest BCUT2D eigenvalue weighted by atomic mass is 16.5. The SMILES string of the molecule is CC1(C)c2cccc(C(=O)NO)c2CN1C(=O)Nc1cc2c(cn1)CCCC2. The van der Waals surface area contributed by atoms with E-state index >= 15 is 0 Å². The number of nitrogens with one attached hydrogen (secondary N) is 2. The number of hydrogen-bond donors (Lipinski definition) is 3. The molecule has 146 valence electrons. The molecule has 0 saturated carbocycles. The maximum atomic E-state index is 13.0. The third-order valence-electron chi connectivity index (χ3n) is 5.88. The van der Waals surface area contributed by atoms with Crippen LogP contribution in [0.2, 0.25) is 0 Å². The second-order valence-corrected chi connectivity index (χ2v) is 7.89. The lowest BCUT2D eigenvalue weighted by atomic mass is 9.91. The second-order valence-electron chi connectivity index (χ2n) is 7.89. The number of fused-ring (bicyclic) bond motifs is 2. The van der Waals surface area contributed by atoms with Gasteiger partial charge in [-0.1, -0.05) is 12.1 Å². The van der Waals surface area contributed by atoms with Crippen LogP contribution in [0.1, 0.15) is 59.3 Å². The molecule has 0 spiro atoms. The van der Waals surface area contributed by atoms with Gasteiger partial charge < -0.3 is 4.90 Å². The summed E-state index contributed by atoms with van der Waals surface area (Å²) in [6, 6.07) is 7.02. The van der Waals surface area contributed by atoms with Crippen LogP contribution in [0.3, 0.4) is 0 Å². The summed E-state index contributed by atoms with van der Waals surface area (Å²) in [7, 11) is 0. The van der Waals surface area contributed by atoms with E-state index < -0.39 is 11.4 Å². The Kier molecular flexibility index (Phi) is 4.55. The van der Waals surface area contributed by atoms with Crippen LogP contribution in [0.25, 0.3) is 0 Å². The van der Waals surface area contributed by atoms with Crippen molar-refractivity contribution in [3.63, 3.8) is 0 Å². The fourth-order valence-electron chi connectivity index (χ4n) is 4.29. The van der Waals surface area contributed by atoms with Gasteiger partial charge in [0.25, 0.3) is 5.91 Å². The first-order chi connectivity index (χ1) is 13.4. The van der Waals surface area contributed by atoms with E-state index in [0.717, 1.165) is 30.4 Å². The zero-order valence-electron chi connectivity index (χ0n) is 16.1. The molecule has 0 saturated heterocycles. The number of urea groups is 1. The molecule has 4 rings (SSSR count). The van der Waals surface area contributed by atoms with Gasteiger partial charge in [-0.05, 0) is 73.9 Å². The zero-order chi connectivity index (χ0) is 19.9. The molecule has 0 atom stereocenters. The molecule has 1 aliphatic heterocycles. The van der Waals surface area contributed by atoms with E-state index in [1.54, 1.807) is 22.5 Å². The zero-order valence-corrected chi connectivity index (χ0v) is 16.1. The van der Waals surface area contributed by atoms with Gasteiger partial charge in [0.2, 0.25) is 0 Å². The van der Waals surface area contributed by atoms with Crippen molar-refractivity contribution in [2.45, 2.75) is 51.6 Å². The lowest BCUT2D eigenvalue weighted by molar-refractivity contribution is 0.0704. The Morgan fingerprint density at radius 2 is 1.93 bits per heavy atom. The van der Waals surface area contributed by atoms with Crippen LogP contribution in [0.4, 0.5) is 10.6 Å². The molecular formula is C21H24N4O3. The Hall–Kier alpha value is -2.93. The van der Waals surface area contributed by atoms with Crippen LogP contribution in [-0.2, 0) is 24.9 Å². The van der Waals surface area contributed by atoms with Gasteiger partial charge in [-0.3, -0.25) is 15.3 Å². The lowest BCUT2D eigenvalue weighted by Crippen LogP contribution is -2.42. The Labute approximate surface area is 163 Å². The Morgan fingerprint density at radius 3 is 2.68 bits per heavy atom. The number of hydroxylamine groups is 1. The normalized spacial score (nSPS) is 16.9. The molecule has 3 N–H and O–H groups in total. The summed E-state index contributed by atoms with van der Waals surface area (Å²) >= 11 is 0. The van der Waals surface area contributed by atoms with Gasteiger partial charge in [-0.15, -0.1) is 0 Å². The predicted octanol–water partition coefficient (Wildman–Crippen LogP) is 3.36. The molecule has 7 nitrogen and oxygen atoms in total. The fraction of sp³-hybridized carbons (Fsp3) is 0.381. The average molecular weight is 380 g/mol. The van der Waals surface area contributed by atoms with E-state index in [2.05, 4.69) is 10.3 Å². The Bertz CT molecular complexity index is 955. The molecular weight excluding hydrogens is 356 g/mol. The summed E-state index contributed by atoms with van der Waals surface area (Å²) in [5.41, 5.74) is 5.60. The lowest BCUT2D eigenvalue weighted by Gasteiger charge is -2.32. The highest BCUT2D eigenvalue weighted by Crippen LogP contribution is 2.40. The molecule has 1 aliphatic carbocycles. The van der Waals surface area contributed by atoms with Crippen LogP contribution in [0.15, 0.2) is 30.5 Å². The van der Waals surface area contributed by atoms with Crippen molar-refractivity contribution in [2.75, 3.05) is 5.32 Å². The van der Waals surface area contributed by atoms with Crippen LogP contribution in [0.5, 0.6) is 0 Å². The Morgan fingerprint density at radius 1 is 1.18 bits per heavy atom. The molecule has 28 heavy (non-hydrogen) atoms. The minimum atomic E-state index is -0.598. The summed E-state index contributed by atoms with van der Waals surface area (Å²) in [6.45, 7) is 4.17. The number of carbonyl (C=O) groups excluding carboxylic acids is 2. The third kappa shape index (κ3) is 3.01. The van der Waals surface area contributed by atoms with Crippen molar-refractivity contribution in [2.24, 2.45) is 0 Å². The summed E-state index contributed by atoms with van der Waals surface area (Å²) in [6.07, 6.45) is 6.26. The van der Waals surface area contributed by atoms with Crippen molar-refractivity contribution in [1.29, 1.82) is 0 Å². The first kappa shape index (κ1) is 18.4. The standard InChI is InChI=1S/C21H24N4O3/c1-21(2)17-9-5-8-15(19(26)24-28)16(17)12-25(21)20(27)23-18-10-13-6-3-4-7-14(13)11-22-18/h5,8-11,28H,3-4,6-7,12H2,1-2H3,(H,24,26)(H,22,23,27). The van der Waals surface area contributed by atoms with Crippen LogP contribution < -0.4 is 10.8 Å². The highest BCUT2D eigenvalue weighted by molar-refractivity contribution is 5.96. The molecule has 3 amide bonds. The van der Waals surface area contributed by atoms with E-state index in [9.17, 15) is 9.59 Å². The van der Waals surface area contributed by atoms with Crippen LogP contribution >= 0.6 is 0 Å². The first-order valence-corrected chi connectivity index (χ1v) is 9.55. The smallest absolute Gasteiger partial charge is 0.311 e. The number of amides is 3. The number of benzene rings is 1. The number of aryl methyl sites for hydroxylation is 2. The molecule has 2 aliphatic rings. The monoisotopic (exact) mass is 380 g/mol. The van der Waals surface area contributed by atoms with Gasteiger partial charge in [-0.2, -0.15) is 0 Å². The third-order valence-corrected chi connectivity index (χ3v) is 5.88. The largest absolute Gasteiger partial charge is 0.324 e. The van der Waals surface area contributed by atoms with E-state index in [4.69, 9.17) is 5.21 Å². The van der Waals surface area contributed by atoms with Crippen LogP contribution in [0, 0.1) is 0 Å². The van der Waals surface area contributed by atoms with Crippen molar-refractivity contribution in [1.82, 2.24) is 15.4 Å². The molecule has 1 aromatic heterocycles. The van der Waals surface area contributed by atoms with Crippen molar-refractivity contribution in [3.8, 4) is 0 Å². The number of rotatable bonds is 2. The van der Waals surface area contributed by atoms with Gasteiger partial charge in [0.15, 0.2) is 0 Å². The quantitative estimate of drug-likeness (QED) is 0.550. The number of hydrogen-bond acceptors (Lipinski definition) is 4. The molecule has 2 heterocycles. The molecule has 0 fully saturated rings.